The van der Waals surface area contributed by atoms with E-state index in [4.69, 9.17) is 14.2 Å². The van der Waals surface area contributed by atoms with Crippen molar-refractivity contribution < 1.29 is 19.0 Å². The zero-order valence-electron chi connectivity index (χ0n) is 17.8. The Morgan fingerprint density at radius 1 is 1.10 bits per heavy atom. The third-order valence-electron chi connectivity index (χ3n) is 5.48. The first-order valence-corrected chi connectivity index (χ1v) is 9.85. The van der Waals surface area contributed by atoms with Gasteiger partial charge in [0.1, 0.15) is 5.75 Å². The van der Waals surface area contributed by atoms with Gasteiger partial charge in [0, 0.05) is 26.1 Å². The summed E-state index contributed by atoms with van der Waals surface area (Å²) in [6.45, 7) is 5.29. The molecule has 6 nitrogen and oxygen atoms in total. The summed E-state index contributed by atoms with van der Waals surface area (Å²) in [6.07, 6.45) is 0.912. The molecule has 0 fully saturated rings. The zero-order chi connectivity index (χ0) is 21.0. The van der Waals surface area contributed by atoms with Gasteiger partial charge in [0.05, 0.1) is 27.4 Å². The number of hydrogen-bond acceptors (Lipinski definition) is 5. The van der Waals surface area contributed by atoms with Gasteiger partial charge in [-0.05, 0) is 54.3 Å². The number of nitrogens with one attached hydrogen (secondary N) is 1. The highest BCUT2D eigenvalue weighted by atomic mass is 16.5. The molecule has 0 radical (unpaired) electrons. The first kappa shape index (κ1) is 21.0. The predicted molar refractivity (Wildman–Crippen MR) is 113 cm³/mol. The number of methoxy groups -OCH3 is 3. The second-order valence-corrected chi connectivity index (χ2v) is 7.41. The number of rotatable bonds is 7. The minimum atomic E-state index is -0.0529. The maximum Gasteiger partial charge on any atom is 0.217 e. The number of ether oxygens (including phenoxy) is 3. The number of benzene rings is 2. The Balaban J connectivity index is 1.96. The largest absolute Gasteiger partial charge is 0.497 e. The maximum absolute atomic E-state index is 11.8. The summed E-state index contributed by atoms with van der Waals surface area (Å²) in [7, 11) is 4.97. The lowest BCUT2D eigenvalue weighted by Crippen LogP contribution is -2.46. The Bertz CT molecular complexity index is 851. The molecule has 29 heavy (non-hydrogen) atoms. The summed E-state index contributed by atoms with van der Waals surface area (Å²) in [4.78, 5) is 14.2. The van der Waals surface area contributed by atoms with Gasteiger partial charge in [-0.15, -0.1) is 0 Å². The predicted octanol–water partition coefficient (Wildman–Crippen LogP) is 3.34. The minimum absolute atomic E-state index is 0.0320. The number of amides is 1. The van der Waals surface area contributed by atoms with Gasteiger partial charge in [-0.1, -0.05) is 12.1 Å². The van der Waals surface area contributed by atoms with Crippen molar-refractivity contribution in [1.82, 2.24) is 10.2 Å². The van der Waals surface area contributed by atoms with Crippen LogP contribution >= 0.6 is 0 Å². The lowest BCUT2D eigenvalue weighted by atomic mass is 9.87. The number of hydrogen-bond donors (Lipinski definition) is 1. The molecule has 2 aromatic carbocycles. The molecule has 0 unspecified atom stereocenters. The van der Waals surface area contributed by atoms with Crippen LogP contribution in [0.25, 0.3) is 0 Å². The van der Waals surface area contributed by atoms with E-state index in [1.54, 1.807) is 28.3 Å². The molecule has 0 aromatic heterocycles. The van der Waals surface area contributed by atoms with Crippen LogP contribution in [0.2, 0.25) is 0 Å². The van der Waals surface area contributed by atoms with Crippen molar-refractivity contribution in [2.24, 2.45) is 0 Å². The van der Waals surface area contributed by atoms with Gasteiger partial charge < -0.3 is 19.5 Å². The molecular weight excluding hydrogens is 368 g/mol. The van der Waals surface area contributed by atoms with E-state index in [1.165, 1.54) is 16.7 Å². The normalized spacial score (nSPS) is 17.2. The molecule has 1 aliphatic rings. The molecule has 1 amide bonds. The summed E-state index contributed by atoms with van der Waals surface area (Å²) in [5.74, 6) is 2.26. The van der Waals surface area contributed by atoms with Gasteiger partial charge in [0.25, 0.3) is 0 Å². The third kappa shape index (κ3) is 4.65. The smallest absolute Gasteiger partial charge is 0.217 e. The van der Waals surface area contributed by atoms with Crippen LogP contribution < -0.4 is 19.5 Å². The van der Waals surface area contributed by atoms with Crippen LogP contribution in [0.3, 0.4) is 0 Å². The highest BCUT2D eigenvalue weighted by Gasteiger charge is 2.33. The van der Waals surface area contributed by atoms with Crippen molar-refractivity contribution >= 4 is 5.91 Å². The number of carbonyl (C=O) groups excluding carboxylic acids is 1. The molecule has 0 bridgehead atoms. The van der Waals surface area contributed by atoms with Crippen molar-refractivity contribution in [2.45, 2.75) is 38.9 Å². The van der Waals surface area contributed by atoms with Gasteiger partial charge in [-0.3, -0.25) is 9.69 Å². The number of nitrogens with zero attached hydrogens (tertiary/aromatic N) is 1. The molecule has 1 heterocycles. The Hall–Kier alpha value is -2.73. The fourth-order valence-electron chi connectivity index (χ4n) is 4.16. The molecule has 0 saturated carbocycles. The van der Waals surface area contributed by atoms with Crippen molar-refractivity contribution in [3.63, 3.8) is 0 Å². The molecule has 1 aliphatic heterocycles. The third-order valence-corrected chi connectivity index (χ3v) is 5.48. The molecule has 3 rings (SSSR count). The molecule has 0 aliphatic carbocycles. The average Bonchev–Trinajstić information content (AvgIpc) is 2.72. The van der Waals surface area contributed by atoms with Gasteiger partial charge in [-0.2, -0.15) is 0 Å². The van der Waals surface area contributed by atoms with Crippen LogP contribution in [0, 0.1) is 0 Å². The van der Waals surface area contributed by atoms with Gasteiger partial charge in [0.2, 0.25) is 5.91 Å². The topological polar surface area (TPSA) is 60.0 Å². The summed E-state index contributed by atoms with van der Waals surface area (Å²) in [5, 5.41) is 3.08. The van der Waals surface area contributed by atoms with Gasteiger partial charge in [0.15, 0.2) is 11.5 Å². The Morgan fingerprint density at radius 2 is 1.76 bits per heavy atom. The molecule has 6 heteroatoms. The quantitative estimate of drug-likeness (QED) is 0.775. The number of carbonyl (C=O) groups is 1. The van der Waals surface area contributed by atoms with Crippen LogP contribution in [0.5, 0.6) is 17.2 Å². The second kappa shape index (κ2) is 9.18. The highest BCUT2D eigenvalue weighted by Crippen LogP contribution is 2.40. The fraction of sp³-hybridized carbons (Fsp3) is 0.435. The highest BCUT2D eigenvalue weighted by molar-refractivity contribution is 5.73. The van der Waals surface area contributed by atoms with E-state index < -0.39 is 0 Å². The number of fused-ring (bicyclic) bond motifs is 1. The maximum atomic E-state index is 11.8. The molecular formula is C23H30N2O4. The van der Waals surface area contributed by atoms with Crippen LogP contribution in [0.15, 0.2) is 36.4 Å². The van der Waals surface area contributed by atoms with E-state index in [0.29, 0.717) is 5.75 Å². The SMILES string of the molecule is COc1ccc(CN2CCc3cc(OC)c(OC)cc3[C@@H]2[C@@H](C)NC(C)=O)cc1. The molecule has 2 aromatic rings. The summed E-state index contributed by atoms with van der Waals surface area (Å²) in [5.41, 5.74) is 3.61. The van der Waals surface area contributed by atoms with E-state index in [-0.39, 0.29) is 18.0 Å². The molecule has 1 N–H and O–H groups in total. The first-order chi connectivity index (χ1) is 14.0. The molecule has 0 saturated heterocycles. The Morgan fingerprint density at radius 3 is 2.34 bits per heavy atom. The van der Waals surface area contributed by atoms with Gasteiger partial charge >= 0.3 is 0 Å². The van der Waals surface area contributed by atoms with Crippen molar-refractivity contribution in [1.29, 1.82) is 0 Å². The van der Waals surface area contributed by atoms with E-state index >= 15 is 0 Å². The van der Waals surface area contributed by atoms with E-state index in [0.717, 1.165) is 31.0 Å². The van der Waals surface area contributed by atoms with Crippen LogP contribution in [-0.4, -0.2) is 44.7 Å². The van der Waals surface area contributed by atoms with Crippen LogP contribution in [0.4, 0.5) is 0 Å². The monoisotopic (exact) mass is 398 g/mol. The standard InChI is InChI=1S/C23H30N2O4/c1-15(24-16(2)26)23-20-13-22(29-5)21(28-4)12-18(20)10-11-25(23)14-17-6-8-19(27-3)9-7-17/h6-9,12-13,15,23H,10-11,14H2,1-5H3,(H,24,26)/t15-,23+/m1/s1. The van der Waals surface area contributed by atoms with Crippen molar-refractivity contribution in [2.75, 3.05) is 27.9 Å². The molecule has 2 atom stereocenters. The average molecular weight is 399 g/mol. The minimum Gasteiger partial charge on any atom is -0.497 e. The Labute approximate surface area is 172 Å². The summed E-state index contributed by atoms with van der Waals surface area (Å²) >= 11 is 0. The van der Waals surface area contributed by atoms with E-state index in [1.807, 2.05) is 12.1 Å². The van der Waals surface area contributed by atoms with E-state index in [2.05, 4.69) is 41.4 Å². The first-order valence-electron chi connectivity index (χ1n) is 9.85. The lowest BCUT2D eigenvalue weighted by Gasteiger charge is -2.41. The van der Waals surface area contributed by atoms with Crippen molar-refractivity contribution in [3.05, 3.63) is 53.1 Å². The lowest BCUT2D eigenvalue weighted by molar-refractivity contribution is -0.120. The summed E-state index contributed by atoms with van der Waals surface area (Å²) in [6, 6.07) is 12.2. The van der Waals surface area contributed by atoms with E-state index in [9.17, 15) is 4.79 Å². The van der Waals surface area contributed by atoms with Crippen molar-refractivity contribution in [3.8, 4) is 17.2 Å². The summed E-state index contributed by atoms with van der Waals surface area (Å²) < 4.78 is 16.3. The Kier molecular flexibility index (Phi) is 6.64. The fourth-order valence-corrected chi connectivity index (χ4v) is 4.16. The zero-order valence-corrected chi connectivity index (χ0v) is 17.8. The van der Waals surface area contributed by atoms with Crippen LogP contribution in [-0.2, 0) is 17.8 Å². The molecule has 0 spiro atoms. The van der Waals surface area contributed by atoms with Gasteiger partial charge in [-0.25, -0.2) is 0 Å². The second-order valence-electron chi connectivity index (χ2n) is 7.41. The van der Waals surface area contributed by atoms with Crippen LogP contribution in [0.1, 0.15) is 36.6 Å². The molecule has 156 valence electrons.